The second-order valence-electron chi connectivity index (χ2n) is 5.33. The zero-order valence-corrected chi connectivity index (χ0v) is 16.6. The van der Waals surface area contributed by atoms with Crippen molar-refractivity contribution >= 4 is 53.1 Å². The molecule has 1 aliphatic rings. The van der Waals surface area contributed by atoms with Crippen molar-refractivity contribution in [3.05, 3.63) is 57.8 Å². The van der Waals surface area contributed by atoms with Gasteiger partial charge in [-0.3, -0.25) is 19.5 Å². The van der Waals surface area contributed by atoms with Crippen LogP contribution >= 0.6 is 35.3 Å². The molecular weight excluding hydrogens is 451 g/mol. The van der Waals surface area contributed by atoms with Crippen LogP contribution in [0.15, 0.2) is 46.8 Å². The summed E-state index contributed by atoms with van der Waals surface area (Å²) >= 11 is 1.69. The summed E-state index contributed by atoms with van der Waals surface area (Å²) < 4.78 is 0. The van der Waals surface area contributed by atoms with Crippen molar-refractivity contribution in [1.29, 1.82) is 0 Å². The van der Waals surface area contributed by atoms with Crippen molar-refractivity contribution in [2.75, 3.05) is 19.6 Å². The summed E-state index contributed by atoms with van der Waals surface area (Å²) in [6, 6.07) is 10.9. The molecule has 0 fully saturated rings. The van der Waals surface area contributed by atoms with E-state index in [4.69, 9.17) is 5.73 Å². The van der Waals surface area contributed by atoms with Crippen molar-refractivity contribution in [1.82, 2.24) is 10.2 Å². The Hall–Kier alpha value is -1.94. The van der Waals surface area contributed by atoms with Gasteiger partial charge in [-0.15, -0.1) is 35.3 Å². The van der Waals surface area contributed by atoms with Crippen LogP contribution in [0.3, 0.4) is 0 Å². The maximum atomic E-state index is 12.2. The van der Waals surface area contributed by atoms with Crippen molar-refractivity contribution < 1.29 is 9.59 Å². The zero-order chi connectivity index (χ0) is 16.9. The molecule has 0 spiro atoms. The fraction of sp³-hybridized carbons (Fsp3) is 0.235. The van der Waals surface area contributed by atoms with Crippen LogP contribution in [0.25, 0.3) is 0 Å². The van der Waals surface area contributed by atoms with Crippen LogP contribution in [0.4, 0.5) is 0 Å². The largest absolute Gasteiger partial charge is 0.370 e. The Bertz CT molecular complexity index is 742. The van der Waals surface area contributed by atoms with E-state index in [0.29, 0.717) is 30.2 Å². The number of hydrogen-bond donors (Lipinski definition) is 2. The smallest absolute Gasteiger partial charge is 0.261 e. The molecule has 3 N–H and O–H groups in total. The lowest BCUT2D eigenvalue weighted by molar-refractivity contribution is 0.0657. The predicted octanol–water partition coefficient (Wildman–Crippen LogP) is 2.11. The first-order valence-corrected chi connectivity index (χ1v) is 8.56. The number of nitrogens with zero attached hydrogens (tertiary/aromatic N) is 2. The van der Waals surface area contributed by atoms with Gasteiger partial charge in [0.2, 0.25) is 0 Å². The third-order valence-electron chi connectivity index (χ3n) is 3.74. The Balaban J connectivity index is 0.00000225. The summed E-state index contributed by atoms with van der Waals surface area (Å²) in [6.07, 6.45) is 0.846. The molecule has 3 rings (SSSR count). The topological polar surface area (TPSA) is 87.8 Å². The fourth-order valence-electron chi connectivity index (χ4n) is 2.54. The first kappa shape index (κ1) is 19.4. The number of hydrogen-bond acceptors (Lipinski definition) is 4. The van der Waals surface area contributed by atoms with E-state index in [0.717, 1.165) is 6.42 Å². The van der Waals surface area contributed by atoms with Gasteiger partial charge >= 0.3 is 0 Å². The van der Waals surface area contributed by atoms with E-state index in [1.54, 1.807) is 35.6 Å². The van der Waals surface area contributed by atoms with Gasteiger partial charge < -0.3 is 11.1 Å². The number of carbonyl (C=O) groups excluding carboxylic acids is 2. The van der Waals surface area contributed by atoms with E-state index in [1.807, 2.05) is 11.4 Å². The summed E-state index contributed by atoms with van der Waals surface area (Å²) in [6.45, 7) is 1.24. The maximum absolute atomic E-state index is 12.2. The summed E-state index contributed by atoms with van der Waals surface area (Å²) in [7, 11) is 0. The minimum absolute atomic E-state index is 0. The number of guanidine groups is 1. The highest BCUT2D eigenvalue weighted by atomic mass is 127. The summed E-state index contributed by atoms with van der Waals surface area (Å²) in [5.41, 5.74) is 6.72. The lowest BCUT2D eigenvalue weighted by atomic mass is 10.1. The average Bonchev–Trinajstić information content (AvgIpc) is 3.18. The SMILES string of the molecule is I.NC(=NCCc1cccs1)NCCN1C(=O)c2ccccc2C1=O. The van der Waals surface area contributed by atoms with Crippen LogP contribution in [0.1, 0.15) is 25.6 Å². The number of amides is 2. The fourth-order valence-corrected chi connectivity index (χ4v) is 3.23. The van der Waals surface area contributed by atoms with Gasteiger partial charge in [0.05, 0.1) is 11.1 Å². The molecule has 8 heteroatoms. The number of imide groups is 1. The minimum atomic E-state index is -0.259. The number of fused-ring (bicyclic) bond motifs is 1. The molecule has 0 atom stereocenters. The van der Waals surface area contributed by atoms with Gasteiger partial charge in [0.1, 0.15) is 0 Å². The first-order valence-electron chi connectivity index (χ1n) is 7.68. The number of nitrogens with two attached hydrogens (primary N) is 1. The van der Waals surface area contributed by atoms with Crippen LogP contribution in [0.5, 0.6) is 0 Å². The number of carbonyl (C=O) groups is 2. The second-order valence-corrected chi connectivity index (χ2v) is 6.36. The lowest BCUT2D eigenvalue weighted by Gasteiger charge is -2.14. The number of aliphatic imine (C=N–C) groups is 1. The second kappa shape index (κ2) is 8.95. The standard InChI is InChI=1S/C17H18N4O2S.HI/c18-17(19-8-7-12-4-3-11-24-12)20-9-10-21-15(22)13-5-1-2-6-14(13)16(21)23;/h1-6,11H,7-10H2,(H3,18,19,20);1H. The third kappa shape index (κ3) is 4.57. The van der Waals surface area contributed by atoms with Gasteiger partial charge in [0.15, 0.2) is 5.96 Å². The third-order valence-corrected chi connectivity index (χ3v) is 4.68. The Morgan fingerprint density at radius 2 is 1.80 bits per heavy atom. The van der Waals surface area contributed by atoms with Gasteiger partial charge in [0, 0.05) is 30.9 Å². The Morgan fingerprint density at radius 1 is 1.12 bits per heavy atom. The Labute approximate surface area is 167 Å². The predicted molar refractivity (Wildman–Crippen MR) is 110 cm³/mol. The van der Waals surface area contributed by atoms with E-state index in [9.17, 15) is 9.59 Å². The highest BCUT2D eigenvalue weighted by Crippen LogP contribution is 2.21. The number of rotatable bonds is 6. The minimum Gasteiger partial charge on any atom is -0.370 e. The molecule has 0 unspecified atom stereocenters. The van der Waals surface area contributed by atoms with Gasteiger partial charge in [-0.2, -0.15) is 0 Å². The zero-order valence-electron chi connectivity index (χ0n) is 13.5. The molecule has 0 saturated carbocycles. The van der Waals surface area contributed by atoms with E-state index in [2.05, 4.69) is 16.4 Å². The molecule has 1 aliphatic heterocycles. The molecule has 0 radical (unpaired) electrons. The van der Waals surface area contributed by atoms with Crippen molar-refractivity contribution in [3.8, 4) is 0 Å². The summed E-state index contributed by atoms with van der Waals surface area (Å²) in [4.78, 5) is 31.1. The highest BCUT2D eigenvalue weighted by molar-refractivity contribution is 14.0. The van der Waals surface area contributed by atoms with Crippen molar-refractivity contribution in [2.45, 2.75) is 6.42 Å². The van der Waals surface area contributed by atoms with Crippen molar-refractivity contribution in [2.24, 2.45) is 10.7 Å². The molecule has 1 aromatic heterocycles. The van der Waals surface area contributed by atoms with Gasteiger partial charge in [-0.05, 0) is 23.6 Å². The molecule has 2 amide bonds. The van der Waals surface area contributed by atoms with E-state index in [1.165, 1.54) is 9.78 Å². The molecule has 6 nitrogen and oxygen atoms in total. The van der Waals surface area contributed by atoms with E-state index in [-0.39, 0.29) is 42.3 Å². The molecule has 2 heterocycles. The van der Waals surface area contributed by atoms with Crippen LogP contribution in [0, 0.1) is 0 Å². The Morgan fingerprint density at radius 3 is 2.40 bits per heavy atom. The average molecular weight is 470 g/mol. The number of halogens is 1. The summed E-state index contributed by atoms with van der Waals surface area (Å²) in [5, 5.41) is 4.97. The molecule has 25 heavy (non-hydrogen) atoms. The van der Waals surface area contributed by atoms with Gasteiger partial charge in [0.25, 0.3) is 11.8 Å². The van der Waals surface area contributed by atoms with Crippen LogP contribution in [-0.2, 0) is 6.42 Å². The van der Waals surface area contributed by atoms with Gasteiger partial charge in [-0.25, -0.2) is 0 Å². The lowest BCUT2D eigenvalue weighted by Crippen LogP contribution is -2.40. The van der Waals surface area contributed by atoms with Crippen LogP contribution in [0.2, 0.25) is 0 Å². The molecule has 2 aromatic rings. The van der Waals surface area contributed by atoms with Crippen LogP contribution in [-0.4, -0.2) is 42.3 Å². The van der Waals surface area contributed by atoms with Crippen LogP contribution < -0.4 is 11.1 Å². The number of nitrogens with one attached hydrogen (secondary N) is 1. The Kier molecular flexibility index (Phi) is 6.94. The maximum Gasteiger partial charge on any atom is 0.261 e. The molecular formula is C17H19IN4O2S. The van der Waals surface area contributed by atoms with E-state index < -0.39 is 0 Å². The number of benzene rings is 1. The quantitative estimate of drug-likeness (QED) is 0.293. The normalized spacial score (nSPS) is 13.6. The monoisotopic (exact) mass is 470 g/mol. The highest BCUT2D eigenvalue weighted by Gasteiger charge is 2.34. The summed E-state index contributed by atoms with van der Waals surface area (Å²) in [5.74, 6) is -0.195. The molecule has 0 bridgehead atoms. The van der Waals surface area contributed by atoms with Gasteiger partial charge in [-0.1, -0.05) is 18.2 Å². The molecule has 0 saturated heterocycles. The number of thiophene rings is 1. The first-order chi connectivity index (χ1) is 11.7. The van der Waals surface area contributed by atoms with Crippen molar-refractivity contribution in [3.63, 3.8) is 0 Å². The molecule has 132 valence electrons. The van der Waals surface area contributed by atoms with E-state index >= 15 is 0 Å². The molecule has 1 aromatic carbocycles. The molecule has 0 aliphatic carbocycles.